The summed E-state index contributed by atoms with van der Waals surface area (Å²) in [7, 11) is 0. The van der Waals surface area contributed by atoms with E-state index in [0.717, 1.165) is 32.7 Å². The first kappa shape index (κ1) is 20.0. The molecule has 9 heteroatoms. The van der Waals surface area contributed by atoms with Crippen molar-refractivity contribution in [3.05, 3.63) is 82.9 Å². The van der Waals surface area contributed by atoms with E-state index in [1.807, 2.05) is 46.4 Å². The highest BCUT2D eigenvalue weighted by Gasteiger charge is 2.17. The Bertz CT molecular complexity index is 1440. The molecule has 3 aromatic heterocycles. The summed E-state index contributed by atoms with van der Waals surface area (Å²) in [5.74, 6) is 1.56. The van der Waals surface area contributed by atoms with E-state index < -0.39 is 0 Å². The van der Waals surface area contributed by atoms with Gasteiger partial charge in [-0.3, -0.25) is 4.40 Å². The average molecular weight is 463 g/mol. The van der Waals surface area contributed by atoms with Gasteiger partial charge >= 0.3 is 0 Å². The summed E-state index contributed by atoms with van der Waals surface area (Å²) < 4.78 is 32.6. The van der Waals surface area contributed by atoms with Crippen molar-refractivity contribution in [3.63, 3.8) is 0 Å². The van der Waals surface area contributed by atoms with Crippen molar-refractivity contribution in [2.75, 3.05) is 6.79 Å². The van der Waals surface area contributed by atoms with Crippen molar-refractivity contribution in [2.24, 2.45) is 0 Å². The number of nitrogens with one attached hydrogen (secondary N) is 1. The van der Waals surface area contributed by atoms with Crippen LogP contribution in [0.5, 0.6) is 17.4 Å². The Hall–Kier alpha value is -3.69. The summed E-state index contributed by atoms with van der Waals surface area (Å²) in [5.41, 5.74) is 3.33. The van der Waals surface area contributed by atoms with Crippen LogP contribution >= 0.6 is 11.3 Å². The molecule has 0 radical (unpaired) electrons. The van der Waals surface area contributed by atoms with E-state index in [-0.39, 0.29) is 19.2 Å². The largest absolute Gasteiger partial charge is 0.473 e. The molecule has 0 spiro atoms. The molecule has 1 N–H and O–H groups in total. The summed E-state index contributed by atoms with van der Waals surface area (Å²) in [6, 6.07) is 12.2. The van der Waals surface area contributed by atoms with Crippen molar-refractivity contribution in [2.45, 2.75) is 19.7 Å². The van der Waals surface area contributed by atoms with Gasteiger partial charge in [0.15, 0.2) is 16.5 Å². The Morgan fingerprint density at radius 2 is 2.00 bits per heavy atom. The number of imidazole rings is 1. The molecule has 2 aromatic carbocycles. The van der Waals surface area contributed by atoms with Gasteiger partial charge in [-0.25, -0.2) is 14.4 Å². The predicted molar refractivity (Wildman–Crippen MR) is 122 cm³/mol. The first-order valence-corrected chi connectivity index (χ1v) is 11.3. The van der Waals surface area contributed by atoms with Gasteiger partial charge in [-0.05, 0) is 29.8 Å². The molecule has 0 bridgehead atoms. The minimum absolute atomic E-state index is 0.200. The molecule has 0 aliphatic carbocycles. The third kappa shape index (κ3) is 4.08. The smallest absolute Gasteiger partial charge is 0.231 e. The van der Waals surface area contributed by atoms with E-state index in [1.54, 1.807) is 17.4 Å². The molecule has 0 saturated carbocycles. The number of benzene rings is 2. The molecule has 0 fully saturated rings. The quantitative estimate of drug-likeness (QED) is 0.379. The molecular formula is C24H19FN4O3S. The minimum Gasteiger partial charge on any atom is -0.473 e. The molecule has 7 nitrogen and oxygen atoms in total. The first-order valence-electron chi connectivity index (χ1n) is 10.4. The molecule has 166 valence electrons. The molecule has 0 atom stereocenters. The standard InChI is InChI=1S/C24H19FN4O3S/c25-18-3-1-2-15(6-18)13-30-23-17(10-26-11-19-12-29-4-5-33-24(29)27-19)7-16-8-21-22(32-14-31-21)9-20(16)28-23/h1-9,12,26H,10-11,13-14H2. The normalized spacial score (nSPS) is 12.6. The molecule has 1 aliphatic rings. The lowest BCUT2D eigenvalue weighted by Crippen LogP contribution is -2.14. The lowest BCUT2D eigenvalue weighted by atomic mass is 10.1. The molecule has 0 unspecified atom stereocenters. The van der Waals surface area contributed by atoms with Crippen LogP contribution in [0.2, 0.25) is 0 Å². The third-order valence-corrected chi connectivity index (χ3v) is 6.15. The average Bonchev–Trinajstić information content (AvgIpc) is 3.52. The zero-order chi connectivity index (χ0) is 22.2. The van der Waals surface area contributed by atoms with E-state index in [0.29, 0.717) is 30.5 Å². The highest BCUT2D eigenvalue weighted by molar-refractivity contribution is 7.15. The van der Waals surface area contributed by atoms with Crippen LogP contribution in [0.3, 0.4) is 0 Å². The second-order valence-corrected chi connectivity index (χ2v) is 8.57. The Labute approximate surface area is 192 Å². The van der Waals surface area contributed by atoms with Crippen LogP contribution in [0.4, 0.5) is 4.39 Å². The van der Waals surface area contributed by atoms with Crippen LogP contribution in [-0.2, 0) is 19.7 Å². The Morgan fingerprint density at radius 3 is 2.88 bits per heavy atom. The second kappa shape index (κ2) is 8.34. The van der Waals surface area contributed by atoms with Crippen molar-refractivity contribution in [3.8, 4) is 17.4 Å². The van der Waals surface area contributed by atoms with Crippen LogP contribution in [0.15, 0.2) is 60.2 Å². The van der Waals surface area contributed by atoms with Gasteiger partial charge < -0.3 is 19.5 Å². The summed E-state index contributed by atoms with van der Waals surface area (Å²) in [4.78, 5) is 10.3. The van der Waals surface area contributed by atoms with Crippen molar-refractivity contribution in [1.82, 2.24) is 19.7 Å². The van der Waals surface area contributed by atoms with Gasteiger partial charge in [0, 0.05) is 47.9 Å². The van der Waals surface area contributed by atoms with Gasteiger partial charge in [-0.2, -0.15) is 0 Å². The number of nitrogens with zero attached hydrogens (tertiary/aromatic N) is 3. The van der Waals surface area contributed by atoms with Crippen LogP contribution in [0, 0.1) is 5.82 Å². The third-order valence-electron chi connectivity index (χ3n) is 5.38. The fourth-order valence-electron chi connectivity index (χ4n) is 3.81. The topological polar surface area (TPSA) is 69.9 Å². The Morgan fingerprint density at radius 1 is 1.09 bits per heavy atom. The fourth-order valence-corrected chi connectivity index (χ4v) is 4.53. The lowest BCUT2D eigenvalue weighted by Gasteiger charge is -2.13. The molecule has 33 heavy (non-hydrogen) atoms. The number of rotatable bonds is 7. The van der Waals surface area contributed by atoms with Crippen LogP contribution in [0.25, 0.3) is 15.9 Å². The molecule has 5 aromatic rings. The molecule has 4 heterocycles. The molecule has 0 amide bonds. The maximum absolute atomic E-state index is 13.6. The van der Waals surface area contributed by atoms with Crippen molar-refractivity contribution in [1.29, 1.82) is 0 Å². The van der Waals surface area contributed by atoms with Gasteiger partial charge in [-0.1, -0.05) is 12.1 Å². The fraction of sp³-hybridized carbons (Fsp3) is 0.167. The number of ether oxygens (including phenoxy) is 3. The van der Waals surface area contributed by atoms with Crippen LogP contribution in [-0.4, -0.2) is 21.2 Å². The van der Waals surface area contributed by atoms with Crippen molar-refractivity contribution >= 4 is 27.2 Å². The van der Waals surface area contributed by atoms with E-state index in [2.05, 4.69) is 10.3 Å². The number of thiazole rings is 1. The molecular weight excluding hydrogens is 443 g/mol. The number of pyridine rings is 1. The summed E-state index contributed by atoms with van der Waals surface area (Å²) in [5, 5.41) is 6.36. The second-order valence-electron chi connectivity index (χ2n) is 7.70. The van der Waals surface area contributed by atoms with E-state index in [1.165, 1.54) is 12.1 Å². The van der Waals surface area contributed by atoms with E-state index in [9.17, 15) is 4.39 Å². The van der Waals surface area contributed by atoms with E-state index >= 15 is 0 Å². The number of hydrogen-bond donors (Lipinski definition) is 1. The SMILES string of the molecule is Fc1cccc(COc2nc3cc4c(cc3cc2CNCc2cn3ccsc3n2)OCO4)c1. The molecule has 1 aliphatic heterocycles. The minimum atomic E-state index is -0.294. The maximum Gasteiger partial charge on any atom is 0.231 e. The van der Waals surface area contributed by atoms with Crippen LogP contribution in [0.1, 0.15) is 16.8 Å². The summed E-state index contributed by atoms with van der Waals surface area (Å²) in [6.07, 6.45) is 4.01. The van der Waals surface area contributed by atoms with Crippen LogP contribution < -0.4 is 19.5 Å². The highest BCUT2D eigenvalue weighted by atomic mass is 32.1. The first-order chi connectivity index (χ1) is 16.2. The van der Waals surface area contributed by atoms with Gasteiger partial charge in [0.1, 0.15) is 12.4 Å². The Balaban J connectivity index is 1.26. The number of hydrogen-bond acceptors (Lipinski definition) is 7. The number of fused-ring (bicyclic) bond motifs is 3. The van der Waals surface area contributed by atoms with Crippen molar-refractivity contribution < 1.29 is 18.6 Å². The Kier molecular flexibility index (Phi) is 5.04. The monoisotopic (exact) mass is 462 g/mol. The van der Waals surface area contributed by atoms with Gasteiger partial charge in [-0.15, -0.1) is 11.3 Å². The number of aromatic nitrogens is 3. The van der Waals surface area contributed by atoms with Gasteiger partial charge in [0.25, 0.3) is 0 Å². The predicted octanol–water partition coefficient (Wildman–Crippen LogP) is 4.68. The summed E-state index contributed by atoms with van der Waals surface area (Å²) >= 11 is 1.60. The van der Waals surface area contributed by atoms with Gasteiger partial charge in [0.2, 0.25) is 12.7 Å². The number of halogens is 1. The van der Waals surface area contributed by atoms with Gasteiger partial charge in [0.05, 0.1) is 11.2 Å². The lowest BCUT2D eigenvalue weighted by molar-refractivity contribution is 0.174. The summed E-state index contributed by atoms with van der Waals surface area (Å²) in [6.45, 7) is 1.55. The molecule has 6 rings (SSSR count). The maximum atomic E-state index is 13.6. The van der Waals surface area contributed by atoms with E-state index in [4.69, 9.17) is 19.2 Å². The highest BCUT2D eigenvalue weighted by Crippen LogP contribution is 2.37. The molecule has 0 saturated heterocycles. The zero-order valence-corrected chi connectivity index (χ0v) is 18.3. The zero-order valence-electron chi connectivity index (χ0n) is 17.5.